The molecule has 2 atom stereocenters. The number of halogens is 1. The van der Waals surface area contributed by atoms with Crippen molar-refractivity contribution in [2.24, 2.45) is 0 Å². The number of benzene rings is 1. The van der Waals surface area contributed by atoms with Gasteiger partial charge in [0.25, 0.3) is 5.91 Å². The van der Waals surface area contributed by atoms with Crippen molar-refractivity contribution in [1.82, 2.24) is 10.2 Å². The highest BCUT2D eigenvalue weighted by Gasteiger charge is 2.31. The van der Waals surface area contributed by atoms with E-state index in [1.165, 1.54) is 36.8 Å². The summed E-state index contributed by atoms with van der Waals surface area (Å²) in [4.78, 5) is 14.8. The molecule has 1 aliphatic carbocycles. The molecule has 3 aliphatic rings. The van der Waals surface area contributed by atoms with Crippen molar-refractivity contribution < 1.29 is 4.79 Å². The van der Waals surface area contributed by atoms with E-state index in [4.69, 9.17) is 0 Å². The molecule has 1 amide bonds. The fourth-order valence-electron chi connectivity index (χ4n) is 4.01. The van der Waals surface area contributed by atoms with Gasteiger partial charge in [0, 0.05) is 30.7 Å². The third-order valence-electron chi connectivity index (χ3n) is 5.16. The summed E-state index contributed by atoms with van der Waals surface area (Å²) in [5.74, 6) is 0.231. The first-order chi connectivity index (χ1) is 9.79. The predicted octanol–water partition coefficient (Wildman–Crippen LogP) is 2.56. The Bertz CT molecular complexity index is 546. The second kappa shape index (κ2) is 5.98. The van der Waals surface area contributed by atoms with Gasteiger partial charge in [-0.15, -0.1) is 12.4 Å². The number of amides is 1. The van der Waals surface area contributed by atoms with Crippen LogP contribution in [-0.2, 0) is 12.8 Å². The van der Waals surface area contributed by atoms with E-state index in [0.29, 0.717) is 12.1 Å². The molecule has 2 unspecified atom stereocenters. The Kier molecular flexibility index (Phi) is 4.23. The zero-order valence-electron chi connectivity index (χ0n) is 12.3. The first kappa shape index (κ1) is 14.9. The van der Waals surface area contributed by atoms with E-state index in [0.717, 1.165) is 31.5 Å². The number of hydrogen-bond acceptors (Lipinski definition) is 2. The Labute approximate surface area is 132 Å². The summed E-state index contributed by atoms with van der Waals surface area (Å²) in [6.07, 6.45) is 7.17. The maximum absolute atomic E-state index is 12.7. The van der Waals surface area contributed by atoms with Crippen molar-refractivity contribution in [3.63, 3.8) is 0 Å². The van der Waals surface area contributed by atoms with Crippen LogP contribution >= 0.6 is 12.4 Å². The van der Waals surface area contributed by atoms with Gasteiger partial charge < -0.3 is 10.2 Å². The van der Waals surface area contributed by atoms with E-state index >= 15 is 0 Å². The van der Waals surface area contributed by atoms with Crippen molar-refractivity contribution in [3.8, 4) is 0 Å². The van der Waals surface area contributed by atoms with Gasteiger partial charge in [-0.05, 0) is 61.8 Å². The quantitative estimate of drug-likeness (QED) is 0.865. The van der Waals surface area contributed by atoms with Gasteiger partial charge in [-0.25, -0.2) is 0 Å². The molecule has 114 valence electrons. The summed E-state index contributed by atoms with van der Waals surface area (Å²) in [7, 11) is 0. The Morgan fingerprint density at radius 1 is 1.10 bits per heavy atom. The van der Waals surface area contributed by atoms with Gasteiger partial charge in [0.2, 0.25) is 0 Å². The summed E-state index contributed by atoms with van der Waals surface area (Å²) in [6.45, 7) is 1.79. The number of rotatable bonds is 1. The molecule has 4 rings (SSSR count). The van der Waals surface area contributed by atoms with Crippen molar-refractivity contribution in [3.05, 3.63) is 34.9 Å². The highest BCUT2D eigenvalue weighted by molar-refractivity contribution is 5.94. The molecule has 21 heavy (non-hydrogen) atoms. The Morgan fingerprint density at radius 3 is 2.81 bits per heavy atom. The average molecular weight is 307 g/mol. The molecule has 2 fully saturated rings. The highest BCUT2D eigenvalue weighted by atomic mass is 35.5. The second-order valence-corrected chi connectivity index (χ2v) is 6.51. The number of hydrogen-bond donors (Lipinski definition) is 1. The van der Waals surface area contributed by atoms with E-state index in [1.54, 1.807) is 0 Å². The van der Waals surface area contributed by atoms with Crippen molar-refractivity contribution >= 4 is 18.3 Å². The first-order valence-corrected chi connectivity index (χ1v) is 7.97. The number of nitrogens with zero attached hydrogens (tertiary/aromatic N) is 1. The van der Waals surface area contributed by atoms with Crippen LogP contribution in [0, 0.1) is 0 Å². The molecular formula is C17H23ClN2O. The Hall–Kier alpha value is -1.06. The molecule has 1 aromatic rings. The zero-order valence-corrected chi connectivity index (χ0v) is 13.1. The lowest BCUT2D eigenvalue weighted by molar-refractivity contribution is 0.0748. The summed E-state index contributed by atoms with van der Waals surface area (Å²) >= 11 is 0. The molecule has 0 saturated carbocycles. The van der Waals surface area contributed by atoms with E-state index < -0.39 is 0 Å². The molecule has 2 bridgehead atoms. The first-order valence-electron chi connectivity index (χ1n) is 7.97. The average Bonchev–Trinajstić information content (AvgIpc) is 3.03. The van der Waals surface area contributed by atoms with Crippen LogP contribution in [0.15, 0.2) is 18.2 Å². The summed E-state index contributed by atoms with van der Waals surface area (Å²) in [5.41, 5.74) is 3.73. The molecule has 2 saturated heterocycles. The van der Waals surface area contributed by atoms with Crippen LogP contribution in [0.3, 0.4) is 0 Å². The molecule has 0 spiro atoms. The van der Waals surface area contributed by atoms with E-state index in [2.05, 4.69) is 22.3 Å². The predicted molar refractivity (Wildman–Crippen MR) is 86.2 cm³/mol. The Morgan fingerprint density at radius 2 is 1.90 bits per heavy atom. The molecule has 1 aromatic carbocycles. The van der Waals surface area contributed by atoms with Crippen LogP contribution in [0.1, 0.15) is 47.2 Å². The van der Waals surface area contributed by atoms with Crippen LogP contribution in [0.2, 0.25) is 0 Å². The lowest BCUT2D eigenvalue weighted by Gasteiger charge is -2.24. The van der Waals surface area contributed by atoms with Gasteiger partial charge in [-0.2, -0.15) is 0 Å². The molecule has 1 N–H and O–H groups in total. The molecule has 0 aromatic heterocycles. The molecule has 3 nitrogen and oxygen atoms in total. The maximum Gasteiger partial charge on any atom is 0.253 e. The van der Waals surface area contributed by atoms with E-state index in [9.17, 15) is 4.79 Å². The largest absolute Gasteiger partial charge is 0.337 e. The number of fused-ring (bicyclic) bond motifs is 3. The minimum atomic E-state index is 0. The lowest BCUT2D eigenvalue weighted by Crippen LogP contribution is -2.39. The third-order valence-corrected chi connectivity index (χ3v) is 5.16. The van der Waals surface area contributed by atoms with Crippen LogP contribution in [0.25, 0.3) is 0 Å². The van der Waals surface area contributed by atoms with E-state index in [1.807, 2.05) is 6.07 Å². The van der Waals surface area contributed by atoms with Crippen LogP contribution in [0.5, 0.6) is 0 Å². The van der Waals surface area contributed by atoms with Gasteiger partial charge >= 0.3 is 0 Å². The summed E-state index contributed by atoms with van der Waals surface area (Å²) in [5, 5.41) is 3.64. The smallest absolute Gasteiger partial charge is 0.253 e. The van der Waals surface area contributed by atoms with Gasteiger partial charge in [-0.3, -0.25) is 4.79 Å². The molecule has 0 radical (unpaired) electrons. The van der Waals surface area contributed by atoms with Crippen molar-refractivity contribution in [2.45, 2.75) is 50.6 Å². The fourth-order valence-corrected chi connectivity index (χ4v) is 4.01. The summed E-state index contributed by atoms with van der Waals surface area (Å²) < 4.78 is 0. The SMILES string of the molecule is Cl.O=C(c1ccc2c(c1)CCC2)N1CCC2CCC(C1)N2. The van der Waals surface area contributed by atoms with Crippen LogP contribution in [0.4, 0.5) is 0 Å². The topological polar surface area (TPSA) is 32.3 Å². The van der Waals surface area contributed by atoms with Gasteiger partial charge in [0.05, 0.1) is 0 Å². The van der Waals surface area contributed by atoms with Crippen molar-refractivity contribution in [2.75, 3.05) is 13.1 Å². The monoisotopic (exact) mass is 306 g/mol. The van der Waals surface area contributed by atoms with Gasteiger partial charge in [-0.1, -0.05) is 6.07 Å². The number of likely N-dealkylation sites (tertiary alicyclic amines) is 1. The van der Waals surface area contributed by atoms with E-state index in [-0.39, 0.29) is 18.3 Å². The number of nitrogens with one attached hydrogen (secondary N) is 1. The maximum atomic E-state index is 12.7. The molecule has 4 heteroatoms. The lowest BCUT2D eigenvalue weighted by atomic mass is 10.0. The minimum absolute atomic E-state index is 0. The van der Waals surface area contributed by atoms with Crippen LogP contribution in [-0.4, -0.2) is 36.0 Å². The minimum Gasteiger partial charge on any atom is -0.337 e. The number of carbonyl (C=O) groups excluding carboxylic acids is 1. The Balaban J connectivity index is 0.00000132. The molecule has 2 heterocycles. The van der Waals surface area contributed by atoms with Gasteiger partial charge in [0.15, 0.2) is 0 Å². The summed E-state index contributed by atoms with van der Waals surface area (Å²) in [6, 6.07) is 7.49. The van der Waals surface area contributed by atoms with Crippen molar-refractivity contribution in [1.29, 1.82) is 0 Å². The zero-order chi connectivity index (χ0) is 13.5. The molecule has 2 aliphatic heterocycles. The third kappa shape index (κ3) is 2.82. The van der Waals surface area contributed by atoms with Crippen LogP contribution < -0.4 is 5.32 Å². The standard InChI is InChI=1S/C17H22N2O.ClH/c20-17(14-5-4-12-2-1-3-13(12)10-14)19-9-8-15-6-7-16(11-19)18-15;/h4-5,10,15-16,18H,1-3,6-9,11H2;1H. The second-order valence-electron chi connectivity index (χ2n) is 6.51. The van der Waals surface area contributed by atoms with Gasteiger partial charge in [0.1, 0.15) is 0 Å². The fraction of sp³-hybridized carbons (Fsp3) is 0.588. The molecular weight excluding hydrogens is 284 g/mol. The number of carbonyl (C=O) groups is 1. The number of aryl methyl sites for hydroxylation is 2. The normalized spacial score (nSPS) is 27.0. The highest BCUT2D eigenvalue weighted by Crippen LogP contribution is 2.25.